The van der Waals surface area contributed by atoms with E-state index in [2.05, 4.69) is 4.98 Å². The van der Waals surface area contributed by atoms with E-state index in [0.717, 1.165) is 29.8 Å². The number of amides is 1. The number of fused-ring (bicyclic) bond motifs is 1. The maximum atomic E-state index is 14.2. The summed E-state index contributed by atoms with van der Waals surface area (Å²) in [6, 6.07) is 13.9. The zero-order valence-corrected chi connectivity index (χ0v) is 16.0. The molecule has 0 bridgehead atoms. The first kappa shape index (κ1) is 19.7. The first-order valence-electron chi connectivity index (χ1n) is 9.24. The third-order valence-electron chi connectivity index (χ3n) is 4.67. The maximum Gasteiger partial charge on any atom is 0.257 e. The summed E-state index contributed by atoms with van der Waals surface area (Å²) in [5.74, 6) is -2.49. The average molecular weight is 410 g/mol. The molecule has 0 saturated carbocycles. The minimum absolute atomic E-state index is 0.0355. The molecule has 0 aliphatic heterocycles. The lowest BCUT2D eigenvalue weighted by Gasteiger charge is -2.22. The molecule has 0 fully saturated rings. The van der Waals surface area contributed by atoms with Gasteiger partial charge in [-0.15, -0.1) is 0 Å². The molecule has 0 unspecified atom stereocenters. The number of carbonyl (C=O) groups excluding carboxylic acids is 1. The Bertz CT molecular complexity index is 1240. The molecule has 152 valence electrons. The van der Waals surface area contributed by atoms with Crippen molar-refractivity contribution in [2.45, 2.75) is 20.0 Å². The highest BCUT2D eigenvalue weighted by Crippen LogP contribution is 2.22. The molecule has 0 aliphatic carbocycles. The molecule has 1 heterocycles. The van der Waals surface area contributed by atoms with Crippen molar-refractivity contribution in [2.75, 3.05) is 0 Å². The Kier molecular flexibility index (Phi) is 5.27. The molecule has 4 nitrogen and oxygen atoms in total. The van der Waals surface area contributed by atoms with Crippen LogP contribution in [-0.2, 0) is 13.1 Å². The predicted octanol–water partition coefficient (Wildman–Crippen LogP) is 5.40. The highest BCUT2D eigenvalue weighted by atomic mass is 19.1. The lowest BCUT2D eigenvalue weighted by Crippen LogP contribution is -2.31. The van der Waals surface area contributed by atoms with Crippen molar-refractivity contribution in [1.82, 2.24) is 9.88 Å². The second-order valence-electron chi connectivity index (χ2n) is 6.96. The van der Waals surface area contributed by atoms with Crippen molar-refractivity contribution in [2.24, 2.45) is 0 Å². The van der Waals surface area contributed by atoms with Gasteiger partial charge in [-0.3, -0.25) is 4.79 Å². The number of rotatable bonds is 5. The van der Waals surface area contributed by atoms with Gasteiger partial charge >= 0.3 is 0 Å². The lowest BCUT2D eigenvalue weighted by molar-refractivity contribution is 0.0708. The summed E-state index contributed by atoms with van der Waals surface area (Å²) in [5.41, 5.74) is 1.92. The normalized spacial score (nSPS) is 11.1. The minimum atomic E-state index is -0.708. The molecule has 1 amide bonds. The number of hydrogen-bond donors (Lipinski definition) is 0. The van der Waals surface area contributed by atoms with Gasteiger partial charge in [0.2, 0.25) is 5.89 Å². The number of nitrogens with zero attached hydrogens (tertiary/aromatic N) is 2. The smallest absolute Gasteiger partial charge is 0.257 e. The van der Waals surface area contributed by atoms with Crippen LogP contribution in [0.15, 0.2) is 65.1 Å². The molecule has 3 aromatic carbocycles. The van der Waals surface area contributed by atoms with Crippen molar-refractivity contribution in [3.05, 3.63) is 101 Å². The van der Waals surface area contributed by atoms with Gasteiger partial charge in [0, 0.05) is 12.1 Å². The van der Waals surface area contributed by atoms with Gasteiger partial charge in [0.15, 0.2) is 5.58 Å². The molecule has 4 aromatic rings. The van der Waals surface area contributed by atoms with Crippen molar-refractivity contribution in [3.8, 4) is 0 Å². The van der Waals surface area contributed by atoms with E-state index in [1.165, 1.54) is 23.1 Å². The van der Waals surface area contributed by atoms with Crippen molar-refractivity contribution >= 4 is 17.0 Å². The molecule has 0 saturated heterocycles. The molecule has 0 aliphatic rings. The van der Waals surface area contributed by atoms with Gasteiger partial charge in [-0.25, -0.2) is 18.2 Å². The van der Waals surface area contributed by atoms with Gasteiger partial charge in [-0.1, -0.05) is 18.2 Å². The minimum Gasteiger partial charge on any atom is -0.439 e. The zero-order valence-electron chi connectivity index (χ0n) is 16.0. The van der Waals surface area contributed by atoms with E-state index in [1.807, 2.05) is 19.1 Å². The van der Waals surface area contributed by atoms with Gasteiger partial charge in [0.25, 0.3) is 5.91 Å². The highest BCUT2D eigenvalue weighted by molar-refractivity contribution is 5.94. The Hall–Kier alpha value is -3.61. The van der Waals surface area contributed by atoms with Crippen LogP contribution in [0, 0.1) is 24.4 Å². The second-order valence-corrected chi connectivity index (χ2v) is 6.96. The fourth-order valence-corrected chi connectivity index (χ4v) is 3.19. The zero-order chi connectivity index (χ0) is 21.3. The summed E-state index contributed by atoms with van der Waals surface area (Å²) >= 11 is 0. The van der Waals surface area contributed by atoms with E-state index in [1.54, 1.807) is 6.07 Å². The molecular formula is C23H17F3N2O2. The maximum absolute atomic E-state index is 14.2. The number of oxazole rings is 1. The van der Waals surface area contributed by atoms with Gasteiger partial charge < -0.3 is 9.32 Å². The number of hydrogen-bond acceptors (Lipinski definition) is 3. The highest BCUT2D eigenvalue weighted by Gasteiger charge is 2.23. The Labute approximate surface area is 170 Å². The topological polar surface area (TPSA) is 46.3 Å². The molecular weight excluding hydrogens is 393 g/mol. The third kappa shape index (κ3) is 4.05. The van der Waals surface area contributed by atoms with E-state index in [-0.39, 0.29) is 30.1 Å². The van der Waals surface area contributed by atoms with Crippen LogP contribution in [-0.4, -0.2) is 15.8 Å². The summed E-state index contributed by atoms with van der Waals surface area (Å²) in [5, 5.41) is 0. The average Bonchev–Trinajstić information content (AvgIpc) is 3.11. The first-order valence-corrected chi connectivity index (χ1v) is 9.24. The predicted molar refractivity (Wildman–Crippen MR) is 105 cm³/mol. The molecule has 0 atom stereocenters. The van der Waals surface area contributed by atoms with Crippen LogP contribution >= 0.6 is 0 Å². The van der Waals surface area contributed by atoms with E-state index < -0.39 is 23.4 Å². The van der Waals surface area contributed by atoms with Crippen LogP contribution in [0.25, 0.3) is 11.1 Å². The molecule has 0 N–H and O–H groups in total. The summed E-state index contributed by atoms with van der Waals surface area (Å²) in [7, 11) is 0. The van der Waals surface area contributed by atoms with E-state index in [0.29, 0.717) is 11.1 Å². The molecule has 0 spiro atoms. The Morgan fingerprint density at radius 3 is 2.57 bits per heavy atom. The quantitative estimate of drug-likeness (QED) is 0.443. The van der Waals surface area contributed by atoms with Crippen molar-refractivity contribution in [3.63, 3.8) is 0 Å². The van der Waals surface area contributed by atoms with Gasteiger partial charge in [-0.2, -0.15) is 0 Å². The summed E-state index contributed by atoms with van der Waals surface area (Å²) in [6.07, 6.45) is 0. The van der Waals surface area contributed by atoms with E-state index in [9.17, 15) is 18.0 Å². The second kappa shape index (κ2) is 8.02. The molecule has 30 heavy (non-hydrogen) atoms. The van der Waals surface area contributed by atoms with E-state index in [4.69, 9.17) is 4.42 Å². The number of benzene rings is 3. The number of halogens is 3. The van der Waals surface area contributed by atoms with Crippen LogP contribution in [0.3, 0.4) is 0 Å². The molecule has 7 heteroatoms. The standard InChI is InChI=1S/C23H17F3N2O2/c1-14-6-9-21-20(10-14)27-22(30-21)13-28(12-15-11-16(24)7-8-18(15)25)23(29)17-4-2-3-5-19(17)26/h2-11H,12-13H2,1H3. The molecule has 0 radical (unpaired) electrons. The SMILES string of the molecule is Cc1ccc2oc(CN(Cc3cc(F)ccc3F)C(=O)c3ccccc3F)nc2c1. The Morgan fingerprint density at radius 1 is 0.967 bits per heavy atom. The fraction of sp³-hybridized carbons (Fsp3) is 0.130. The molecule has 1 aromatic heterocycles. The first-order chi connectivity index (χ1) is 14.4. The lowest BCUT2D eigenvalue weighted by atomic mass is 10.1. The Morgan fingerprint density at radius 2 is 1.77 bits per heavy atom. The summed E-state index contributed by atoms with van der Waals surface area (Å²) < 4.78 is 47.7. The van der Waals surface area contributed by atoms with Gasteiger partial charge in [0.05, 0.1) is 12.1 Å². The summed E-state index contributed by atoms with van der Waals surface area (Å²) in [6.45, 7) is 1.49. The number of aromatic nitrogens is 1. The van der Waals surface area contributed by atoms with Crippen molar-refractivity contribution < 1.29 is 22.4 Å². The largest absolute Gasteiger partial charge is 0.439 e. The van der Waals surface area contributed by atoms with Crippen LogP contribution < -0.4 is 0 Å². The molecule has 4 rings (SSSR count). The number of aryl methyl sites for hydroxylation is 1. The fourth-order valence-electron chi connectivity index (χ4n) is 3.19. The van der Waals surface area contributed by atoms with Crippen LogP contribution in [0.2, 0.25) is 0 Å². The van der Waals surface area contributed by atoms with E-state index >= 15 is 0 Å². The summed E-state index contributed by atoms with van der Waals surface area (Å²) in [4.78, 5) is 18.6. The Balaban J connectivity index is 1.71. The van der Waals surface area contributed by atoms with Crippen molar-refractivity contribution in [1.29, 1.82) is 0 Å². The third-order valence-corrected chi connectivity index (χ3v) is 4.67. The van der Waals surface area contributed by atoms with Crippen LogP contribution in [0.1, 0.15) is 27.4 Å². The van der Waals surface area contributed by atoms with Gasteiger partial charge in [0.1, 0.15) is 23.0 Å². The van der Waals surface area contributed by atoms with Crippen LogP contribution in [0.5, 0.6) is 0 Å². The monoisotopic (exact) mass is 410 g/mol. The number of carbonyl (C=O) groups is 1. The van der Waals surface area contributed by atoms with Gasteiger partial charge in [-0.05, 0) is 55.0 Å². The van der Waals surface area contributed by atoms with Crippen LogP contribution in [0.4, 0.5) is 13.2 Å².